The third-order valence-electron chi connectivity index (χ3n) is 4.09. The van der Waals surface area contributed by atoms with Crippen LogP contribution in [0.25, 0.3) is 0 Å². The summed E-state index contributed by atoms with van der Waals surface area (Å²) < 4.78 is 16.5. The number of carbonyl (C=O) groups excluding carboxylic acids is 2. The SMILES string of the molecule is CCOc1c(Br)cc(C(=O)OCC(=O)N2CCC[C@@H](C)C2)cc1OC. The van der Waals surface area contributed by atoms with Gasteiger partial charge < -0.3 is 19.1 Å². The Hall–Kier alpha value is -1.76. The molecule has 2 rings (SSSR count). The van der Waals surface area contributed by atoms with Crippen molar-refractivity contribution in [2.45, 2.75) is 26.7 Å². The van der Waals surface area contributed by atoms with E-state index >= 15 is 0 Å². The molecule has 1 aliphatic rings. The number of hydrogen-bond donors (Lipinski definition) is 0. The lowest BCUT2D eigenvalue weighted by Crippen LogP contribution is -2.41. The summed E-state index contributed by atoms with van der Waals surface area (Å²) in [4.78, 5) is 26.2. The van der Waals surface area contributed by atoms with Crippen LogP contribution in [-0.2, 0) is 9.53 Å². The van der Waals surface area contributed by atoms with Crippen LogP contribution in [0.5, 0.6) is 11.5 Å². The first kappa shape index (κ1) is 19.6. The van der Waals surface area contributed by atoms with Crippen molar-refractivity contribution >= 4 is 27.8 Å². The van der Waals surface area contributed by atoms with Crippen molar-refractivity contribution in [3.63, 3.8) is 0 Å². The Bertz CT molecular complexity index is 634. The quantitative estimate of drug-likeness (QED) is 0.669. The first-order valence-corrected chi connectivity index (χ1v) is 9.20. The highest BCUT2D eigenvalue weighted by molar-refractivity contribution is 9.10. The van der Waals surface area contributed by atoms with Gasteiger partial charge in [-0.25, -0.2) is 4.79 Å². The van der Waals surface area contributed by atoms with E-state index in [0.717, 1.165) is 25.9 Å². The van der Waals surface area contributed by atoms with E-state index in [0.29, 0.717) is 34.1 Å². The fraction of sp³-hybridized carbons (Fsp3) is 0.556. The minimum Gasteiger partial charge on any atom is -0.493 e. The molecule has 7 heteroatoms. The van der Waals surface area contributed by atoms with Crippen molar-refractivity contribution in [2.75, 3.05) is 33.4 Å². The summed E-state index contributed by atoms with van der Waals surface area (Å²) in [6.07, 6.45) is 2.12. The topological polar surface area (TPSA) is 65.1 Å². The van der Waals surface area contributed by atoms with Gasteiger partial charge in [0.15, 0.2) is 18.1 Å². The zero-order chi connectivity index (χ0) is 18.4. The van der Waals surface area contributed by atoms with Crippen molar-refractivity contribution in [1.82, 2.24) is 4.90 Å². The Labute approximate surface area is 156 Å². The number of nitrogens with zero attached hydrogens (tertiary/aromatic N) is 1. The summed E-state index contributed by atoms with van der Waals surface area (Å²) >= 11 is 3.37. The Morgan fingerprint density at radius 1 is 1.36 bits per heavy atom. The Balaban J connectivity index is 2.00. The van der Waals surface area contributed by atoms with Crippen LogP contribution in [0, 0.1) is 5.92 Å². The lowest BCUT2D eigenvalue weighted by molar-refractivity contribution is -0.136. The van der Waals surface area contributed by atoms with Gasteiger partial charge in [-0.3, -0.25) is 4.79 Å². The third kappa shape index (κ3) is 5.11. The molecular formula is C18H24BrNO5. The second kappa shape index (κ2) is 9.08. The van der Waals surface area contributed by atoms with Crippen LogP contribution >= 0.6 is 15.9 Å². The highest BCUT2D eigenvalue weighted by Crippen LogP contribution is 2.36. The average molecular weight is 414 g/mol. The minimum atomic E-state index is -0.569. The number of likely N-dealkylation sites (tertiary alicyclic amines) is 1. The maximum atomic E-state index is 12.3. The number of halogens is 1. The van der Waals surface area contributed by atoms with E-state index in [2.05, 4.69) is 22.9 Å². The summed E-state index contributed by atoms with van der Waals surface area (Å²) in [5, 5.41) is 0. The summed E-state index contributed by atoms with van der Waals surface area (Å²) in [6.45, 7) is 5.65. The molecule has 1 aromatic carbocycles. The Morgan fingerprint density at radius 3 is 2.76 bits per heavy atom. The van der Waals surface area contributed by atoms with Gasteiger partial charge in [-0.15, -0.1) is 0 Å². The van der Waals surface area contributed by atoms with Gasteiger partial charge in [-0.1, -0.05) is 6.92 Å². The molecule has 6 nitrogen and oxygen atoms in total. The molecule has 0 aromatic heterocycles. The number of rotatable bonds is 6. The molecule has 0 bridgehead atoms. The van der Waals surface area contributed by atoms with Gasteiger partial charge in [-0.05, 0) is 53.7 Å². The second-order valence-corrected chi connectivity index (χ2v) is 6.94. The Kier molecular flexibility index (Phi) is 7.11. The van der Waals surface area contributed by atoms with Crippen LogP contribution in [-0.4, -0.2) is 50.2 Å². The molecule has 138 valence electrons. The highest BCUT2D eigenvalue weighted by Gasteiger charge is 2.23. The predicted octanol–water partition coefficient (Wildman–Crippen LogP) is 3.27. The molecule has 1 atom stereocenters. The van der Waals surface area contributed by atoms with Crippen molar-refractivity contribution in [3.05, 3.63) is 22.2 Å². The highest BCUT2D eigenvalue weighted by atomic mass is 79.9. The van der Waals surface area contributed by atoms with Crippen molar-refractivity contribution in [1.29, 1.82) is 0 Å². The number of amides is 1. The predicted molar refractivity (Wildman–Crippen MR) is 97.1 cm³/mol. The van der Waals surface area contributed by atoms with E-state index in [1.54, 1.807) is 17.0 Å². The van der Waals surface area contributed by atoms with E-state index in [-0.39, 0.29) is 12.5 Å². The summed E-state index contributed by atoms with van der Waals surface area (Å²) in [6, 6.07) is 3.15. The number of methoxy groups -OCH3 is 1. The Morgan fingerprint density at radius 2 is 2.12 bits per heavy atom. The number of ether oxygens (including phenoxy) is 3. The molecule has 0 saturated carbocycles. The van der Waals surface area contributed by atoms with E-state index in [4.69, 9.17) is 14.2 Å². The first-order chi connectivity index (χ1) is 12.0. The second-order valence-electron chi connectivity index (χ2n) is 6.09. The molecule has 0 unspecified atom stereocenters. The number of benzene rings is 1. The molecule has 1 amide bonds. The third-order valence-corrected chi connectivity index (χ3v) is 4.68. The summed E-state index contributed by atoms with van der Waals surface area (Å²) in [5.41, 5.74) is 0.298. The molecule has 25 heavy (non-hydrogen) atoms. The summed E-state index contributed by atoms with van der Waals surface area (Å²) in [5.74, 6) is 0.719. The molecule has 0 N–H and O–H groups in total. The standard InChI is InChI=1S/C18H24BrNO5/c1-4-24-17-14(19)8-13(9-15(17)23-3)18(22)25-11-16(21)20-7-5-6-12(2)10-20/h8-9,12H,4-7,10-11H2,1-3H3/t12-/m1/s1. The van der Waals surface area contributed by atoms with Gasteiger partial charge in [-0.2, -0.15) is 0 Å². The molecule has 1 heterocycles. The van der Waals surface area contributed by atoms with Crippen LogP contribution in [0.2, 0.25) is 0 Å². The first-order valence-electron chi connectivity index (χ1n) is 8.41. The van der Waals surface area contributed by atoms with Crippen LogP contribution in [0.4, 0.5) is 0 Å². The van der Waals surface area contributed by atoms with Crippen LogP contribution in [0.1, 0.15) is 37.0 Å². The van der Waals surface area contributed by atoms with Crippen LogP contribution < -0.4 is 9.47 Å². The number of esters is 1. The molecule has 1 saturated heterocycles. The van der Waals surface area contributed by atoms with Gasteiger partial charge in [0.1, 0.15) is 0 Å². The van der Waals surface area contributed by atoms with Crippen molar-refractivity contribution in [2.24, 2.45) is 5.92 Å². The fourth-order valence-corrected chi connectivity index (χ4v) is 3.40. The van der Waals surface area contributed by atoms with Gasteiger partial charge >= 0.3 is 5.97 Å². The van der Waals surface area contributed by atoms with E-state index in [9.17, 15) is 9.59 Å². The monoisotopic (exact) mass is 413 g/mol. The van der Waals surface area contributed by atoms with Gasteiger partial charge in [0.25, 0.3) is 5.91 Å². The molecule has 1 aliphatic heterocycles. The summed E-state index contributed by atoms with van der Waals surface area (Å²) in [7, 11) is 1.50. The van der Waals surface area contributed by atoms with Crippen LogP contribution in [0.15, 0.2) is 16.6 Å². The van der Waals surface area contributed by atoms with Gasteiger partial charge in [0, 0.05) is 13.1 Å². The molecule has 1 aromatic rings. The van der Waals surface area contributed by atoms with Crippen molar-refractivity contribution in [3.8, 4) is 11.5 Å². The minimum absolute atomic E-state index is 0.156. The number of hydrogen-bond acceptors (Lipinski definition) is 5. The molecule has 0 spiro atoms. The lowest BCUT2D eigenvalue weighted by atomic mass is 10.0. The largest absolute Gasteiger partial charge is 0.493 e. The molecular weight excluding hydrogens is 390 g/mol. The van der Waals surface area contributed by atoms with Gasteiger partial charge in [0.05, 0.1) is 23.8 Å². The zero-order valence-electron chi connectivity index (χ0n) is 14.8. The molecule has 1 fully saturated rings. The van der Waals surface area contributed by atoms with E-state index in [1.807, 2.05) is 6.92 Å². The lowest BCUT2D eigenvalue weighted by Gasteiger charge is -2.30. The van der Waals surface area contributed by atoms with Crippen LogP contribution in [0.3, 0.4) is 0 Å². The van der Waals surface area contributed by atoms with E-state index in [1.165, 1.54) is 7.11 Å². The zero-order valence-corrected chi connectivity index (χ0v) is 16.4. The average Bonchev–Trinajstić information content (AvgIpc) is 2.60. The van der Waals surface area contributed by atoms with E-state index < -0.39 is 5.97 Å². The smallest absolute Gasteiger partial charge is 0.338 e. The van der Waals surface area contributed by atoms with Gasteiger partial charge in [0.2, 0.25) is 0 Å². The molecule has 0 aliphatic carbocycles. The molecule has 0 radical (unpaired) electrons. The van der Waals surface area contributed by atoms with Crippen molar-refractivity contribution < 1.29 is 23.8 Å². The maximum Gasteiger partial charge on any atom is 0.338 e. The normalized spacial score (nSPS) is 17.1. The maximum absolute atomic E-state index is 12.3. The fourth-order valence-electron chi connectivity index (χ4n) is 2.84. The number of carbonyl (C=O) groups is 2. The number of piperidine rings is 1.